The van der Waals surface area contributed by atoms with Crippen LogP contribution in [-0.4, -0.2) is 37.7 Å². The number of H-pyrrole nitrogens is 1. The van der Waals surface area contributed by atoms with Crippen LogP contribution in [0.1, 0.15) is 5.69 Å². The van der Waals surface area contributed by atoms with Crippen LogP contribution in [0.2, 0.25) is 0 Å². The monoisotopic (exact) mass is 292 g/mol. The number of imidazole rings is 1. The maximum atomic E-state index is 11.9. The van der Waals surface area contributed by atoms with E-state index in [2.05, 4.69) is 14.9 Å². The highest BCUT2D eigenvalue weighted by Crippen LogP contribution is 2.34. The van der Waals surface area contributed by atoms with Crippen LogP contribution in [0, 0.1) is 0 Å². The van der Waals surface area contributed by atoms with E-state index in [1.165, 1.54) is 10.6 Å². The quantitative estimate of drug-likeness (QED) is 0.923. The van der Waals surface area contributed by atoms with Crippen LogP contribution in [0.4, 0.5) is 11.4 Å². The number of sulfonamides is 1. The molecule has 1 aliphatic rings. The Morgan fingerprint density at radius 1 is 1.25 bits per heavy atom. The molecular weight excluding hydrogens is 276 g/mol. The van der Waals surface area contributed by atoms with E-state index in [0.717, 1.165) is 17.1 Å². The molecule has 1 aromatic heterocycles. The Kier molecular flexibility index (Phi) is 3.13. The van der Waals surface area contributed by atoms with E-state index in [1.54, 1.807) is 6.33 Å². The highest BCUT2D eigenvalue weighted by molar-refractivity contribution is 7.92. The Morgan fingerprint density at radius 3 is 2.65 bits per heavy atom. The van der Waals surface area contributed by atoms with Crippen molar-refractivity contribution in [2.45, 2.75) is 6.54 Å². The summed E-state index contributed by atoms with van der Waals surface area (Å²) in [7, 11) is -3.24. The predicted octanol–water partition coefficient (Wildman–Crippen LogP) is 1.20. The maximum absolute atomic E-state index is 11.9. The van der Waals surface area contributed by atoms with Crippen LogP contribution < -0.4 is 9.21 Å². The molecule has 1 aliphatic heterocycles. The molecule has 20 heavy (non-hydrogen) atoms. The first-order valence-corrected chi connectivity index (χ1v) is 8.20. The van der Waals surface area contributed by atoms with Gasteiger partial charge >= 0.3 is 0 Å². The van der Waals surface area contributed by atoms with Crippen LogP contribution >= 0.6 is 0 Å². The summed E-state index contributed by atoms with van der Waals surface area (Å²) in [4.78, 5) is 9.30. The molecule has 0 fully saturated rings. The predicted molar refractivity (Wildman–Crippen MR) is 78.3 cm³/mol. The topological polar surface area (TPSA) is 69.3 Å². The molecule has 0 aliphatic carbocycles. The van der Waals surface area contributed by atoms with Gasteiger partial charge in [0.05, 0.1) is 42.7 Å². The van der Waals surface area contributed by atoms with Gasteiger partial charge < -0.3 is 9.88 Å². The van der Waals surface area contributed by atoms with Gasteiger partial charge in [0.15, 0.2) is 0 Å². The average molecular weight is 292 g/mol. The Morgan fingerprint density at radius 2 is 2.00 bits per heavy atom. The standard InChI is InChI=1S/C13H16N4O2S/c1-20(18,19)17-7-6-16(9-11-8-14-10-15-11)12-4-2-3-5-13(12)17/h2-5,8,10H,6-7,9H2,1H3,(H,14,15). The molecule has 106 valence electrons. The number of aromatic nitrogens is 2. The van der Waals surface area contributed by atoms with Gasteiger partial charge in [-0.05, 0) is 12.1 Å². The summed E-state index contributed by atoms with van der Waals surface area (Å²) in [6, 6.07) is 7.56. The Hall–Kier alpha value is -2.02. The normalized spacial score (nSPS) is 15.2. The summed E-state index contributed by atoms with van der Waals surface area (Å²) in [5, 5.41) is 0. The van der Waals surface area contributed by atoms with Crippen molar-refractivity contribution in [2.75, 3.05) is 28.6 Å². The van der Waals surface area contributed by atoms with Gasteiger partial charge in [0.25, 0.3) is 0 Å². The zero-order chi connectivity index (χ0) is 14.2. The molecule has 3 rings (SSSR count). The van der Waals surface area contributed by atoms with Crippen LogP contribution in [-0.2, 0) is 16.6 Å². The van der Waals surface area contributed by atoms with Crippen molar-refractivity contribution >= 4 is 21.4 Å². The molecule has 1 aromatic carbocycles. The lowest BCUT2D eigenvalue weighted by atomic mass is 10.2. The molecule has 0 atom stereocenters. The number of fused-ring (bicyclic) bond motifs is 1. The van der Waals surface area contributed by atoms with Gasteiger partial charge in [-0.2, -0.15) is 0 Å². The van der Waals surface area contributed by atoms with Crippen molar-refractivity contribution < 1.29 is 8.42 Å². The number of hydrogen-bond donors (Lipinski definition) is 1. The van der Waals surface area contributed by atoms with E-state index in [-0.39, 0.29) is 0 Å². The van der Waals surface area contributed by atoms with Crippen molar-refractivity contribution in [3.05, 3.63) is 42.5 Å². The number of rotatable bonds is 3. The number of aromatic amines is 1. The molecule has 0 spiro atoms. The average Bonchev–Trinajstić information content (AvgIpc) is 2.90. The Bertz CT molecular complexity index is 697. The second kappa shape index (κ2) is 4.82. The van der Waals surface area contributed by atoms with Crippen LogP contribution in [0.5, 0.6) is 0 Å². The molecule has 0 unspecified atom stereocenters. The molecule has 2 aromatic rings. The van der Waals surface area contributed by atoms with E-state index < -0.39 is 10.0 Å². The minimum Gasteiger partial charge on any atom is -0.362 e. The molecule has 1 N–H and O–H groups in total. The Balaban J connectivity index is 1.97. The second-order valence-corrected chi connectivity index (χ2v) is 6.71. The Labute approximate surface area is 118 Å². The SMILES string of the molecule is CS(=O)(=O)N1CCN(Cc2c[nH]cn2)c2ccccc21. The first kappa shape index (κ1) is 13.0. The summed E-state index contributed by atoms with van der Waals surface area (Å²) in [6.45, 7) is 1.77. The molecule has 7 heteroatoms. The van der Waals surface area contributed by atoms with E-state index in [1.807, 2.05) is 30.5 Å². The van der Waals surface area contributed by atoms with E-state index in [4.69, 9.17) is 0 Å². The molecule has 0 saturated carbocycles. The number of nitrogens with zero attached hydrogens (tertiary/aromatic N) is 3. The summed E-state index contributed by atoms with van der Waals surface area (Å²) in [6.07, 6.45) is 4.74. The fourth-order valence-corrected chi connectivity index (χ4v) is 3.40. The van der Waals surface area contributed by atoms with Crippen LogP contribution in [0.15, 0.2) is 36.8 Å². The minimum atomic E-state index is -3.24. The van der Waals surface area contributed by atoms with Crippen molar-refractivity contribution in [3.63, 3.8) is 0 Å². The number of anilines is 2. The van der Waals surface area contributed by atoms with Gasteiger partial charge in [0.1, 0.15) is 0 Å². The molecule has 0 saturated heterocycles. The largest absolute Gasteiger partial charge is 0.362 e. The van der Waals surface area contributed by atoms with Crippen molar-refractivity contribution in [3.8, 4) is 0 Å². The summed E-state index contributed by atoms with van der Waals surface area (Å²) in [5.41, 5.74) is 2.59. The van der Waals surface area contributed by atoms with E-state index in [9.17, 15) is 8.42 Å². The summed E-state index contributed by atoms with van der Waals surface area (Å²) in [5.74, 6) is 0. The number of nitrogens with one attached hydrogen (secondary N) is 1. The molecule has 2 heterocycles. The lowest BCUT2D eigenvalue weighted by molar-refractivity contribution is 0.594. The summed E-state index contributed by atoms with van der Waals surface area (Å²) < 4.78 is 25.2. The van der Waals surface area contributed by atoms with E-state index in [0.29, 0.717) is 19.6 Å². The second-order valence-electron chi connectivity index (χ2n) is 4.81. The van der Waals surface area contributed by atoms with Gasteiger partial charge in [0, 0.05) is 12.7 Å². The van der Waals surface area contributed by atoms with Crippen molar-refractivity contribution in [1.29, 1.82) is 0 Å². The zero-order valence-electron chi connectivity index (χ0n) is 11.2. The third-order valence-electron chi connectivity index (χ3n) is 3.37. The molecular formula is C13H16N4O2S. The fourth-order valence-electron chi connectivity index (χ4n) is 2.48. The third kappa shape index (κ3) is 2.36. The van der Waals surface area contributed by atoms with Gasteiger partial charge in [-0.1, -0.05) is 12.1 Å². The van der Waals surface area contributed by atoms with E-state index >= 15 is 0 Å². The number of benzene rings is 1. The first-order valence-electron chi connectivity index (χ1n) is 6.35. The van der Waals surface area contributed by atoms with Gasteiger partial charge in [-0.15, -0.1) is 0 Å². The van der Waals surface area contributed by atoms with Gasteiger partial charge in [-0.3, -0.25) is 4.31 Å². The van der Waals surface area contributed by atoms with Crippen molar-refractivity contribution in [1.82, 2.24) is 9.97 Å². The van der Waals surface area contributed by atoms with Crippen LogP contribution in [0.25, 0.3) is 0 Å². The van der Waals surface area contributed by atoms with Crippen molar-refractivity contribution in [2.24, 2.45) is 0 Å². The zero-order valence-corrected chi connectivity index (χ0v) is 12.0. The first-order chi connectivity index (χ1) is 9.55. The lowest BCUT2D eigenvalue weighted by Crippen LogP contribution is -2.43. The third-order valence-corrected chi connectivity index (χ3v) is 4.55. The summed E-state index contributed by atoms with van der Waals surface area (Å²) >= 11 is 0. The highest BCUT2D eigenvalue weighted by atomic mass is 32.2. The van der Waals surface area contributed by atoms with Crippen LogP contribution in [0.3, 0.4) is 0 Å². The fraction of sp³-hybridized carbons (Fsp3) is 0.308. The smallest absolute Gasteiger partial charge is 0.232 e. The molecule has 6 nitrogen and oxygen atoms in total. The van der Waals surface area contributed by atoms with Gasteiger partial charge in [-0.25, -0.2) is 13.4 Å². The minimum absolute atomic E-state index is 0.459. The maximum Gasteiger partial charge on any atom is 0.232 e. The number of para-hydroxylation sites is 2. The molecule has 0 bridgehead atoms. The lowest BCUT2D eigenvalue weighted by Gasteiger charge is -2.37. The molecule has 0 radical (unpaired) electrons. The van der Waals surface area contributed by atoms with Gasteiger partial charge in [0.2, 0.25) is 10.0 Å². The number of hydrogen-bond acceptors (Lipinski definition) is 4. The molecule has 0 amide bonds. The highest BCUT2D eigenvalue weighted by Gasteiger charge is 2.27.